The molecule has 0 aromatic carbocycles. The van der Waals surface area contributed by atoms with Gasteiger partial charge in [0.2, 0.25) is 0 Å². The molecule has 130 valence electrons. The average molecular weight is 391 g/mol. The molecule has 0 spiro atoms. The van der Waals surface area contributed by atoms with Crippen molar-refractivity contribution in [2.24, 2.45) is 16.9 Å². The Bertz CT molecular complexity index is 692. The summed E-state index contributed by atoms with van der Waals surface area (Å²) < 4.78 is 0. The maximum atomic E-state index is 12.3. The number of aromatic nitrogens is 1. The highest BCUT2D eigenvalue weighted by Crippen LogP contribution is 2.39. The van der Waals surface area contributed by atoms with Crippen LogP contribution in [0.4, 0.5) is 5.69 Å². The molecule has 5 nitrogen and oxygen atoms in total. The number of nitrogen functional groups attached to an aromatic ring is 1. The Morgan fingerprint density at radius 3 is 2.58 bits per heavy atom. The number of carbonyl (C=O) groups excluding carboxylic acids is 1. The van der Waals surface area contributed by atoms with Crippen molar-refractivity contribution < 1.29 is 9.78 Å². The van der Waals surface area contributed by atoms with E-state index in [1.54, 1.807) is 0 Å². The van der Waals surface area contributed by atoms with Gasteiger partial charge in [-0.05, 0) is 49.1 Å². The first-order chi connectivity index (χ1) is 11.5. The Morgan fingerprint density at radius 1 is 1.12 bits per heavy atom. The molecule has 2 saturated carbocycles. The Morgan fingerprint density at radius 2 is 1.83 bits per heavy atom. The van der Waals surface area contributed by atoms with Gasteiger partial charge in [-0.15, -0.1) is 0 Å². The number of fused-ring (bicyclic) bond motifs is 1. The number of H-pyrrole nitrogens is 1. The number of hydrogen-bond acceptors (Lipinski definition) is 3. The van der Waals surface area contributed by atoms with E-state index in [-0.39, 0.29) is 26.6 Å². The van der Waals surface area contributed by atoms with Gasteiger partial charge in [-0.1, -0.05) is 42.5 Å². The van der Waals surface area contributed by atoms with Crippen molar-refractivity contribution in [2.45, 2.75) is 44.9 Å². The largest absolute Gasteiger partial charge is 0.396 e. The van der Waals surface area contributed by atoms with Crippen LogP contribution in [0.3, 0.4) is 0 Å². The van der Waals surface area contributed by atoms with Crippen molar-refractivity contribution in [3.05, 3.63) is 20.9 Å². The molecule has 4 N–H and O–H groups in total. The van der Waals surface area contributed by atoms with Crippen LogP contribution in [0.15, 0.2) is 5.10 Å². The number of halogens is 3. The van der Waals surface area contributed by atoms with Crippen molar-refractivity contribution in [1.29, 1.82) is 0 Å². The Balaban J connectivity index is 1.69. The van der Waals surface area contributed by atoms with Gasteiger partial charge in [0.1, 0.15) is 10.0 Å². The first kappa shape index (κ1) is 17.8. The highest BCUT2D eigenvalue weighted by Gasteiger charge is 2.31. The highest BCUT2D eigenvalue weighted by atomic mass is 35.5. The lowest BCUT2D eigenvalue weighted by Crippen LogP contribution is -2.32. The molecule has 1 heterocycles. The first-order valence-electron chi connectivity index (χ1n) is 8.18. The topological polar surface area (TPSA) is 81.6 Å². The molecule has 3 rings (SSSR count). The summed E-state index contributed by atoms with van der Waals surface area (Å²) in [6, 6.07) is 0. The fourth-order valence-electron chi connectivity index (χ4n) is 3.70. The molecule has 2 fully saturated rings. The number of nitrogens with zero attached hydrogens (tertiary/aromatic N) is 1. The van der Waals surface area contributed by atoms with Crippen molar-refractivity contribution in [3.8, 4) is 0 Å². The quantitative estimate of drug-likeness (QED) is 0.588. The summed E-state index contributed by atoms with van der Waals surface area (Å²) >= 11 is 17.9. The Kier molecular flexibility index (Phi) is 5.52. The number of nitrogens with two attached hydrogens (primary N) is 1. The number of nitrogens with one attached hydrogen (secondary N) is 2. The molecule has 0 bridgehead atoms. The van der Waals surface area contributed by atoms with Crippen LogP contribution in [-0.4, -0.2) is 11.6 Å². The molecule has 8 heteroatoms. The zero-order valence-electron chi connectivity index (χ0n) is 13.2. The van der Waals surface area contributed by atoms with Crippen LogP contribution in [0.2, 0.25) is 15.2 Å². The van der Waals surface area contributed by atoms with E-state index in [1.807, 2.05) is 0 Å². The van der Waals surface area contributed by atoms with E-state index in [9.17, 15) is 4.79 Å². The second-order valence-corrected chi connectivity index (χ2v) is 7.66. The van der Waals surface area contributed by atoms with Gasteiger partial charge in [0, 0.05) is 5.71 Å². The van der Waals surface area contributed by atoms with Gasteiger partial charge in [0.15, 0.2) is 0 Å². The number of amides is 1. The molecule has 0 unspecified atom stereocenters. The molecular weight excluding hydrogens is 371 g/mol. The summed E-state index contributed by atoms with van der Waals surface area (Å²) in [7, 11) is 0. The number of carbonyl (C=O) groups is 1. The third-order valence-electron chi connectivity index (χ3n) is 5.03. The normalized spacial score (nSPS) is 25.4. The summed E-state index contributed by atoms with van der Waals surface area (Å²) in [6.07, 6.45) is 8.30. The van der Waals surface area contributed by atoms with E-state index in [0.29, 0.717) is 5.92 Å². The molecular formula is C16H20Cl3N4O+. The second-order valence-electron chi connectivity index (χ2n) is 6.52. The Hall–Kier alpha value is -1.04. The van der Waals surface area contributed by atoms with Crippen molar-refractivity contribution in [2.75, 3.05) is 5.73 Å². The van der Waals surface area contributed by atoms with E-state index in [2.05, 4.69) is 15.5 Å². The number of aromatic amines is 1. The first-order valence-corrected chi connectivity index (χ1v) is 9.31. The molecule has 1 aromatic heterocycles. The molecule has 24 heavy (non-hydrogen) atoms. The minimum Gasteiger partial charge on any atom is -0.396 e. The molecule has 0 saturated heterocycles. The summed E-state index contributed by atoms with van der Waals surface area (Å²) in [6.45, 7) is 0. The molecule has 2 aliphatic carbocycles. The van der Waals surface area contributed by atoms with Gasteiger partial charge in [-0.3, -0.25) is 4.79 Å². The number of anilines is 1. The lowest BCUT2D eigenvalue weighted by molar-refractivity contribution is -0.379. The van der Waals surface area contributed by atoms with Crippen LogP contribution in [0, 0.1) is 11.8 Å². The lowest BCUT2D eigenvalue weighted by atomic mass is 9.70. The molecule has 1 amide bonds. The third-order valence-corrected chi connectivity index (χ3v) is 6.20. The fraction of sp³-hybridized carbons (Fsp3) is 0.562. The van der Waals surface area contributed by atoms with E-state index in [1.165, 1.54) is 25.7 Å². The number of hydrogen-bond donors (Lipinski definition) is 2. The van der Waals surface area contributed by atoms with Gasteiger partial charge >= 0.3 is 5.91 Å². The maximum Gasteiger partial charge on any atom is 0.337 e. The van der Waals surface area contributed by atoms with E-state index >= 15 is 0 Å². The minimum atomic E-state index is -0.483. The van der Waals surface area contributed by atoms with Crippen LogP contribution >= 0.6 is 34.8 Å². The van der Waals surface area contributed by atoms with Crippen molar-refractivity contribution in [3.63, 3.8) is 0 Å². The Labute approximate surface area is 155 Å². The van der Waals surface area contributed by atoms with Crippen LogP contribution < -0.4 is 16.1 Å². The molecule has 1 aromatic rings. The summed E-state index contributed by atoms with van der Waals surface area (Å²) in [5, 5.41) is 4.50. The van der Waals surface area contributed by atoms with Crippen LogP contribution in [-0.2, 0) is 0 Å². The monoisotopic (exact) mass is 389 g/mol. The van der Waals surface area contributed by atoms with Crippen LogP contribution in [0.1, 0.15) is 55.4 Å². The second kappa shape index (κ2) is 7.46. The average Bonchev–Trinajstić information content (AvgIpc) is 2.60. The molecule has 2 aliphatic rings. The summed E-state index contributed by atoms with van der Waals surface area (Å²) in [5.41, 5.74) is 9.47. The summed E-state index contributed by atoms with van der Waals surface area (Å²) in [4.78, 5) is 15.0. The molecule has 0 radical (unpaired) electrons. The van der Waals surface area contributed by atoms with E-state index in [0.717, 1.165) is 30.9 Å². The van der Waals surface area contributed by atoms with Gasteiger partial charge in [0.05, 0.1) is 5.69 Å². The zero-order chi connectivity index (χ0) is 17.3. The predicted molar refractivity (Wildman–Crippen MR) is 96.6 cm³/mol. The summed E-state index contributed by atoms with van der Waals surface area (Å²) in [5.74, 6) is 1.05. The standard InChI is InChI=1S/C16H19Cl3N4O/c17-11-13(20)12(18)15(19)21-14(11)16(24)23-22-10-6-5-8-3-1-2-4-9(8)7-10/h8-9H,1-7H2,(H2,20,21)(H,23,24)/p+1/b22-10+/t8-,9-/m0/s1. The molecule has 2 atom stereocenters. The highest BCUT2D eigenvalue weighted by molar-refractivity contribution is 6.45. The predicted octanol–water partition coefficient (Wildman–Crippen LogP) is 4.12. The van der Waals surface area contributed by atoms with Gasteiger partial charge < -0.3 is 5.73 Å². The van der Waals surface area contributed by atoms with E-state index in [4.69, 9.17) is 40.5 Å². The van der Waals surface area contributed by atoms with Crippen molar-refractivity contribution in [1.82, 2.24) is 5.43 Å². The number of rotatable bonds is 2. The zero-order valence-corrected chi connectivity index (χ0v) is 15.4. The molecule has 0 aliphatic heterocycles. The fourth-order valence-corrected chi connectivity index (χ4v) is 4.32. The minimum absolute atomic E-state index is 0.0399. The lowest BCUT2D eigenvalue weighted by Gasteiger charge is -2.35. The van der Waals surface area contributed by atoms with Crippen LogP contribution in [0.25, 0.3) is 0 Å². The maximum absolute atomic E-state index is 12.3. The van der Waals surface area contributed by atoms with Gasteiger partial charge in [0.25, 0.3) is 10.8 Å². The number of pyridine rings is 1. The van der Waals surface area contributed by atoms with Gasteiger partial charge in [-0.25, -0.2) is 5.43 Å². The van der Waals surface area contributed by atoms with Gasteiger partial charge in [-0.2, -0.15) is 10.1 Å². The smallest absolute Gasteiger partial charge is 0.337 e. The third kappa shape index (κ3) is 3.63. The van der Waals surface area contributed by atoms with E-state index < -0.39 is 5.91 Å². The SMILES string of the molecule is Nc1c(Cl)c(Cl)[nH+]c(C(=O)N/N=C2\CC[C@@H]3CCCC[C@H]3C2)c1Cl. The van der Waals surface area contributed by atoms with Crippen LogP contribution in [0.5, 0.6) is 0 Å². The van der Waals surface area contributed by atoms with Crippen molar-refractivity contribution >= 4 is 52.1 Å². The number of hydrazone groups is 1.